The van der Waals surface area contributed by atoms with E-state index in [0.717, 1.165) is 12.2 Å². The molecule has 0 spiro atoms. The Morgan fingerprint density at radius 2 is 2.12 bits per heavy atom. The fourth-order valence-electron chi connectivity index (χ4n) is 1.56. The predicted octanol–water partition coefficient (Wildman–Crippen LogP) is 2.23. The van der Waals surface area contributed by atoms with Crippen molar-refractivity contribution in [2.24, 2.45) is 5.11 Å². The number of hydrogen-bond acceptors (Lipinski definition) is 2. The van der Waals surface area contributed by atoms with Gasteiger partial charge < -0.3 is 0 Å². The van der Waals surface area contributed by atoms with Gasteiger partial charge in [-0.3, -0.25) is 0 Å². The van der Waals surface area contributed by atoms with Crippen LogP contribution in [-0.4, -0.2) is 4.98 Å². The molecule has 1 heterocycles. The molecule has 0 saturated carbocycles. The molecule has 0 saturated heterocycles. The maximum Gasteiger partial charge on any atom is 0.190 e. The van der Waals surface area contributed by atoms with Gasteiger partial charge in [0.15, 0.2) is 18.9 Å². The highest BCUT2D eigenvalue weighted by atomic mass is 15.1. The number of benzene rings is 1. The van der Waals surface area contributed by atoms with Crippen LogP contribution < -0.4 is 4.57 Å². The number of rotatable bonds is 4. The highest BCUT2D eigenvalue weighted by molar-refractivity contribution is 5.13. The summed E-state index contributed by atoms with van der Waals surface area (Å²) < 4.78 is 2.02. The lowest BCUT2D eigenvalue weighted by Gasteiger charge is -1.98. The van der Waals surface area contributed by atoms with Crippen LogP contribution in [0.3, 0.4) is 0 Å². The molecule has 0 N–H and O–H groups in total. The maximum atomic E-state index is 8.26. The third-order valence-corrected chi connectivity index (χ3v) is 2.32. The van der Waals surface area contributed by atoms with Gasteiger partial charge in [-0.1, -0.05) is 35.4 Å². The van der Waals surface area contributed by atoms with Gasteiger partial charge in [-0.25, -0.2) is 4.98 Å². The van der Waals surface area contributed by atoms with E-state index in [1.165, 1.54) is 5.56 Å². The SMILES string of the molecule is [N-]=[N+]=NCc1c[n+](Cc2ccccc2)ccn1. The molecule has 5 nitrogen and oxygen atoms in total. The molecule has 84 valence electrons. The molecule has 0 aliphatic heterocycles. The lowest BCUT2D eigenvalue weighted by atomic mass is 10.2. The summed E-state index contributed by atoms with van der Waals surface area (Å²) in [5.74, 6) is 0. The molecule has 0 fully saturated rings. The Morgan fingerprint density at radius 3 is 2.88 bits per heavy atom. The van der Waals surface area contributed by atoms with Crippen LogP contribution in [0.1, 0.15) is 11.3 Å². The van der Waals surface area contributed by atoms with Crippen molar-refractivity contribution in [2.75, 3.05) is 0 Å². The Morgan fingerprint density at radius 1 is 1.29 bits per heavy atom. The minimum absolute atomic E-state index is 0.284. The largest absolute Gasteiger partial charge is 0.249 e. The second-order valence-electron chi connectivity index (χ2n) is 3.59. The topological polar surface area (TPSA) is 65.5 Å². The van der Waals surface area contributed by atoms with Gasteiger partial charge >= 0.3 is 0 Å². The molecule has 0 amide bonds. The fourth-order valence-corrected chi connectivity index (χ4v) is 1.56. The molecule has 17 heavy (non-hydrogen) atoms. The molecule has 0 bridgehead atoms. The van der Waals surface area contributed by atoms with E-state index in [1.807, 2.05) is 35.2 Å². The molecule has 1 aromatic carbocycles. The summed E-state index contributed by atoms with van der Waals surface area (Å²) in [4.78, 5) is 6.85. The van der Waals surface area contributed by atoms with Crippen LogP contribution in [0.4, 0.5) is 0 Å². The lowest BCUT2D eigenvalue weighted by molar-refractivity contribution is -0.689. The Kier molecular flexibility index (Phi) is 3.68. The first-order valence-electron chi connectivity index (χ1n) is 5.27. The first kappa shape index (κ1) is 11.1. The average molecular weight is 226 g/mol. The summed E-state index contributed by atoms with van der Waals surface area (Å²) in [6, 6.07) is 10.2. The number of nitrogens with zero attached hydrogens (tertiary/aromatic N) is 5. The Labute approximate surface area is 99.0 Å². The molecule has 5 heteroatoms. The minimum atomic E-state index is 0.284. The minimum Gasteiger partial charge on any atom is -0.249 e. The van der Waals surface area contributed by atoms with Gasteiger partial charge in [0.25, 0.3) is 0 Å². The Bertz CT molecular complexity index is 532. The van der Waals surface area contributed by atoms with Gasteiger partial charge in [-0.05, 0) is 5.53 Å². The average Bonchev–Trinajstić information content (AvgIpc) is 2.38. The van der Waals surface area contributed by atoms with Crippen molar-refractivity contribution < 1.29 is 4.57 Å². The van der Waals surface area contributed by atoms with E-state index in [9.17, 15) is 0 Å². The van der Waals surface area contributed by atoms with Crippen molar-refractivity contribution >= 4 is 0 Å². The van der Waals surface area contributed by atoms with Crippen LogP contribution in [0.25, 0.3) is 10.4 Å². The van der Waals surface area contributed by atoms with Gasteiger partial charge in [-0.15, -0.1) is 0 Å². The van der Waals surface area contributed by atoms with Crippen molar-refractivity contribution in [3.63, 3.8) is 0 Å². The van der Waals surface area contributed by atoms with Gasteiger partial charge in [0.1, 0.15) is 5.69 Å². The lowest BCUT2D eigenvalue weighted by Crippen LogP contribution is -2.34. The van der Waals surface area contributed by atoms with Crippen molar-refractivity contribution in [2.45, 2.75) is 13.1 Å². The maximum absolute atomic E-state index is 8.26. The zero-order valence-corrected chi connectivity index (χ0v) is 9.27. The smallest absolute Gasteiger partial charge is 0.190 e. The van der Waals surface area contributed by atoms with Crippen LogP contribution in [0, 0.1) is 0 Å². The summed E-state index contributed by atoms with van der Waals surface area (Å²) in [5, 5.41) is 3.49. The molecule has 0 aliphatic rings. The second-order valence-corrected chi connectivity index (χ2v) is 3.59. The van der Waals surface area contributed by atoms with Gasteiger partial charge in [0, 0.05) is 10.5 Å². The Hall–Kier alpha value is -2.39. The van der Waals surface area contributed by atoms with Crippen molar-refractivity contribution in [3.8, 4) is 0 Å². The van der Waals surface area contributed by atoms with E-state index in [1.54, 1.807) is 6.20 Å². The molecule has 1 aromatic heterocycles. The van der Waals surface area contributed by atoms with Crippen LogP contribution >= 0.6 is 0 Å². The first-order chi connectivity index (χ1) is 8.38. The monoisotopic (exact) mass is 226 g/mol. The van der Waals surface area contributed by atoms with E-state index < -0.39 is 0 Å². The number of azide groups is 1. The molecule has 0 atom stereocenters. The van der Waals surface area contributed by atoms with Crippen molar-refractivity contribution in [3.05, 3.63) is 70.6 Å². The Balaban J connectivity index is 2.14. The summed E-state index contributed by atoms with van der Waals surface area (Å²) in [6.07, 6.45) is 5.50. The molecule has 2 rings (SSSR count). The van der Waals surface area contributed by atoms with Crippen LogP contribution in [0.2, 0.25) is 0 Å². The molecule has 0 aliphatic carbocycles. The molecular weight excluding hydrogens is 214 g/mol. The zero-order chi connectivity index (χ0) is 11.9. The van der Waals surface area contributed by atoms with E-state index in [0.29, 0.717) is 0 Å². The normalized spacial score (nSPS) is 9.65. The van der Waals surface area contributed by atoms with Crippen LogP contribution in [0.5, 0.6) is 0 Å². The highest BCUT2D eigenvalue weighted by Crippen LogP contribution is 1.98. The van der Waals surface area contributed by atoms with E-state index in [-0.39, 0.29) is 6.54 Å². The predicted molar refractivity (Wildman–Crippen MR) is 62.8 cm³/mol. The quantitative estimate of drug-likeness (QED) is 0.341. The summed E-state index contributed by atoms with van der Waals surface area (Å²) in [7, 11) is 0. The van der Waals surface area contributed by atoms with Gasteiger partial charge in [-0.2, -0.15) is 4.57 Å². The summed E-state index contributed by atoms with van der Waals surface area (Å²) in [5.41, 5.74) is 10.2. The molecular formula is C12H12N5+. The van der Waals surface area contributed by atoms with E-state index in [2.05, 4.69) is 27.1 Å². The van der Waals surface area contributed by atoms with E-state index >= 15 is 0 Å². The van der Waals surface area contributed by atoms with Crippen LogP contribution in [0.15, 0.2) is 54.0 Å². The molecule has 0 unspecified atom stereocenters. The third-order valence-electron chi connectivity index (χ3n) is 2.32. The second kappa shape index (κ2) is 5.63. The molecule has 0 radical (unpaired) electrons. The number of hydrogen-bond donors (Lipinski definition) is 0. The third kappa shape index (κ3) is 3.29. The standard InChI is InChI=1S/C12H12N5/c13-16-15-8-12-10-17(7-6-14-12)9-11-4-2-1-3-5-11/h1-7,10H,8-9H2/q+1. The summed E-state index contributed by atoms with van der Waals surface area (Å²) in [6.45, 7) is 1.07. The van der Waals surface area contributed by atoms with E-state index in [4.69, 9.17) is 5.53 Å². The van der Waals surface area contributed by atoms with Gasteiger partial charge in [0.05, 0.1) is 12.7 Å². The first-order valence-corrected chi connectivity index (χ1v) is 5.27. The molecule has 2 aromatic rings. The number of aromatic nitrogens is 2. The fraction of sp³-hybridized carbons (Fsp3) is 0.167. The summed E-state index contributed by atoms with van der Waals surface area (Å²) >= 11 is 0. The van der Waals surface area contributed by atoms with Crippen LogP contribution in [-0.2, 0) is 13.1 Å². The van der Waals surface area contributed by atoms with Crippen molar-refractivity contribution in [1.29, 1.82) is 0 Å². The zero-order valence-electron chi connectivity index (χ0n) is 9.27. The van der Waals surface area contributed by atoms with Crippen molar-refractivity contribution in [1.82, 2.24) is 4.98 Å². The van der Waals surface area contributed by atoms with Gasteiger partial charge in [0.2, 0.25) is 0 Å². The highest BCUT2D eigenvalue weighted by Gasteiger charge is 2.04.